The van der Waals surface area contributed by atoms with Gasteiger partial charge < -0.3 is 16.4 Å². The number of nitrogens with two attached hydrogens (primary N) is 1. The minimum absolute atomic E-state index is 0.118. The molecule has 0 bridgehead atoms. The molecule has 0 spiro atoms. The van der Waals surface area contributed by atoms with E-state index in [1.54, 1.807) is 6.07 Å². The lowest BCUT2D eigenvalue weighted by atomic mass is 10.3. The summed E-state index contributed by atoms with van der Waals surface area (Å²) in [6, 6.07) is 3.12. The van der Waals surface area contributed by atoms with E-state index in [-0.39, 0.29) is 17.5 Å². The van der Waals surface area contributed by atoms with E-state index in [0.717, 1.165) is 12.8 Å². The standard InChI is InChI=1S/C11H15N5O2/c12-10(17)8-3-4-9(16-15-8)13-5-6-14-11(18)7-1-2-7/h3-4,7H,1-2,5-6H2,(H2,12,17)(H,13,16)(H,14,18). The molecule has 0 atom stereocenters. The zero-order valence-electron chi connectivity index (χ0n) is 9.85. The Hall–Kier alpha value is -2.18. The summed E-state index contributed by atoms with van der Waals surface area (Å²) in [5.74, 6) is 0.276. The molecule has 96 valence electrons. The number of carbonyl (C=O) groups excluding carboxylic acids is 2. The molecule has 2 rings (SSSR count). The van der Waals surface area contributed by atoms with Gasteiger partial charge in [-0.25, -0.2) is 0 Å². The predicted molar refractivity (Wildman–Crippen MR) is 64.8 cm³/mol. The van der Waals surface area contributed by atoms with Gasteiger partial charge in [-0.1, -0.05) is 0 Å². The molecular weight excluding hydrogens is 234 g/mol. The van der Waals surface area contributed by atoms with E-state index in [1.807, 2.05) is 0 Å². The summed E-state index contributed by atoms with van der Waals surface area (Å²) in [7, 11) is 0. The van der Waals surface area contributed by atoms with Crippen LogP contribution in [0.4, 0.5) is 5.82 Å². The Bertz CT molecular complexity index is 441. The molecule has 0 aromatic carbocycles. The highest BCUT2D eigenvalue weighted by atomic mass is 16.2. The van der Waals surface area contributed by atoms with Crippen LogP contribution in [-0.4, -0.2) is 35.1 Å². The van der Waals surface area contributed by atoms with E-state index in [2.05, 4.69) is 20.8 Å². The van der Waals surface area contributed by atoms with Gasteiger partial charge in [0.2, 0.25) is 5.91 Å². The number of nitrogens with one attached hydrogen (secondary N) is 2. The number of nitrogens with zero attached hydrogens (tertiary/aromatic N) is 2. The third-order valence-corrected chi connectivity index (χ3v) is 2.60. The average molecular weight is 249 g/mol. The van der Waals surface area contributed by atoms with Gasteiger partial charge in [-0.05, 0) is 25.0 Å². The third-order valence-electron chi connectivity index (χ3n) is 2.60. The molecule has 1 aromatic heterocycles. The van der Waals surface area contributed by atoms with Crippen LogP contribution in [0.1, 0.15) is 23.3 Å². The molecule has 7 heteroatoms. The summed E-state index contributed by atoms with van der Waals surface area (Å²) in [5, 5.41) is 13.3. The minimum Gasteiger partial charge on any atom is -0.367 e. The van der Waals surface area contributed by atoms with Crippen molar-refractivity contribution in [2.75, 3.05) is 18.4 Å². The summed E-state index contributed by atoms with van der Waals surface area (Å²) >= 11 is 0. The fourth-order valence-electron chi connectivity index (χ4n) is 1.42. The van der Waals surface area contributed by atoms with Crippen LogP contribution >= 0.6 is 0 Å². The quantitative estimate of drug-likeness (QED) is 0.589. The predicted octanol–water partition coefficient (Wildman–Crippen LogP) is -0.486. The minimum atomic E-state index is -0.606. The maximum Gasteiger partial charge on any atom is 0.269 e. The van der Waals surface area contributed by atoms with Crippen molar-refractivity contribution < 1.29 is 9.59 Å². The van der Waals surface area contributed by atoms with Gasteiger partial charge in [0.15, 0.2) is 5.69 Å². The lowest BCUT2D eigenvalue weighted by molar-refractivity contribution is -0.122. The fraction of sp³-hybridized carbons (Fsp3) is 0.455. The highest BCUT2D eigenvalue weighted by Crippen LogP contribution is 2.28. The molecule has 4 N–H and O–H groups in total. The summed E-state index contributed by atoms with van der Waals surface area (Å²) in [6.45, 7) is 1.09. The topological polar surface area (TPSA) is 110 Å². The van der Waals surface area contributed by atoms with Crippen LogP contribution in [0.3, 0.4) is 0 Å². The van der Waals surface area contributed by atoms with Crippen molar-refractivity contribution in [2.24, 2.45) is 11.7 Å². The highest BCUT2D eigenvalue weighted by molar-refractivity contribution is 5.90. The van der Waals surface area contributed by atoms with Crippen molar-refractivity contribution in [3.8, 4) is 0 Å². The lowest BCUT2D eigenvalue weighted by Crippen LogP contribution is -2.30. The molecule has 7 nitrogen and oxygen atoms in total. The van der Waals surface area contributed by atoms with Crippen LogP contribution < -0.4 is 16.4 Å². The van der Waals surface area contributed by atoms with Crippen molar-refractivity contribution >= 4 is 17.6 Å². The molecule has 1 heterocycles. The molecule has 1 aliphatic rings. The van der Waals surface area contributed by atoms with Gasteiger partial charge in [-0.15, -0.1) is 10.2 Å². The van der Waals surface area contributed by atoms with Crippen LogP contribution in [0.2, 0.25) is 0 Å². The number of hydrogen-bond acceptors (Lipinski definition) is 5. The second kappa shape index (κ2) is 5.44. The first-order chi connectivity index (χ1) is 8.66. The van der Waals surface area contributed by atoms with Crippen molar-refractivity contribution in [3.05, 3.63) is 17.8 Å². The highest BCUT2D eigenvalue weighted by Gasteiger charge is 2.28. The van der Waals surface area contributed by atoms with Crippen molar-refractivity contribution in [3.63, 3.8) is 0 Å². The summed E-state index contributed by atoms with van der Waals surface area (Å²) in [5.41, 5.74) is 5.17. The van der Waals surface area contributed by atoms with E-state index >= 15 is 0 Å². The van der Waals surface area contributed by atoms with Crippen LogP contribution in [0, 0.1) is 5.92 Å². The molecule has 1 aliphatic carbocycles. The first-order valence-corrected chi connectivity index (χ1v) is 5.82. The third kappa shape index (κ3) is 3.41. The van der Waals surface area contributed by atoms with Gasteiger partial charge in [0.05, 0.1) is 0 Å². The molecule has 2 amide bonds. The molecular formula is C11H15N5O2. The molecule has 1 aromatic rings. The number of rotatable bonds is 6. The molecule has 0 radical (unpaired) electrons. The maximum absolute atomic E-state index is 11.3. The van der Waals surface area contributed by atoms with Gasteiger partial charge >= 0.3 is 0 Å². The Morgan fingerprint density at radius 3 is 2.61 bits per heavy atom. The van der Waals surface area contributed by atoms with Crippen molar-refractivity contribution in [1.29, 1.82) is 0 Å². The average Bonchev–Trinajstić information content (AvgIpc) is 3.19. The number of primary amides is 1. The summed E-state index contributed by atoms with van der Waals surface area (Å²) < 4.78 is 0. The second-order valence-corrected chi connectivity index (χ2v) is 4.16. The Morgan fingerprint density at radius 1 is 1.28 bits per heavy atom. The first-order valence-electron chi connectivity index (χ1n) is 5.82. The van der Waals surface area contributed by atoms with Crippen LogP contribution in [0.5, 0.6) is 0 Å². The normalized spacial score (nSPS) is 14.0. The fourth-order valence-corrected chi connectivity index (χ4v) is 1.42. The van der Waals surface area contributed by atoms with Crippen LogP contribution in [-0.2, 0) is 4.79 Å². The Morgan fingerprint density at radius 2 is 2.06 bits per heavy atom. The number of hydrogen-bond donors (Lipinski definition) is 3. The molecule has 1 saturated carbocycles. The Balaban J connectivity index is 1.69. The molecule has 0 unspecified atom stereocenters. The van der Waals surface area contributed by atoms with Gasteiger partial charge in [0.1, 0.15) is 5.82 Å². The van der Waals surface area contributed by atoms with Gasteiger partial charge in [0.25, 0.3) is 5.91 Å². The largest absolute Gasteiger partial charge is 0.367 e. The monoisotopic (exact) mass is 249 g/mol. The van der Waals surface area contributed by atoms with Crippen molar-refractivity contribution in [2.45, 2.75) is 12.8 Å². The van der Waals surface area contributed by atoms with Gasteiger partial charge in [0, 0.05) is 19.0 Å². The smallest absolute Gasteiger partial charge is 0.269 e. The van der Waals surface area contributed by atoms with E-state index < -0.39 is 5.91 Å². The van der Waals surface area contributed by atoms with E-state index in [4.69, 9.17) is 5.73 Å². The van der Waals surface area contributed by atoms with Gasteiger partial charge in [-0.2, -0.15) is 0 Å². The molecule has 0 saturated heterocycles. The molecule has 18 heavy (non-hydrogen) atoms. The summed E-state index contributed by atoms with van der Waals surface area (Å²) in [6.07, 6.45) is 2.00. The number of carbonyl (C=O) groups is 2. The maximum atomic E-state index is 11.3. The van der Waals surface area contributed by atoms with E-state index in [1.165, 1.54) is 6.07 Å². The van der Waals surface area contributed by atoms with Crippen molar-refractivity contribution in [1.82, 2.24) is 15.5 Å². The van der Waals surface area contributed by atoms with Crippen LogP contribution in [0.25, 0.3) is 0 Å². The Kier molecular flexibility index (Phi) is 3.71. The molecule has 0 aliphatic heterocycles. The van der Waals surface area contributed by atoms with E-state index in [9.17, 15) is 9.59 Å². The zero-order chi connectivity index (χ0) is 13.0. The SMILES string of the molecule is NC(=O)c1ccc(NCCNC(=O)C2CC2)nn1. The Labute approximate surface area is 104 Å². The zero-order valence-corrected chi connectivity index (χ0v) is 9.85. The van der Waals surface area contributed by atoms with E-state index in [0.29, 0.717) is 18.9 Å². The summed E-state index contributed by atoms with van der Waals surface area (Å²) in [4.78, 5) is 22.1. The first kappa shape index (κ1) is 12.3. The number of aromatic nitrogens is 2. The van der Waals surface area contributed by atoms with Gasteiger partial charge in [-0.3, -0.25) is 9.59 Å². The lowest BCUT2D eigenvalue weighted by Gasteiger charge is -2.06. The number of amides is 2. The van der Waals surface area contributed by atoms with Crippen LogP contribution in [0.15, 0.2) is 12.1 Å². The second-order valence-electron chi connectivity index (χ2n) is 4.16. The number of anilines is 1. The molecule has 1 fully saturated rings.